The van der Waals surface area contributed by atoms with Crippen molar-refractivity contribution < 1.29 is 13.6 Å². The second kappa shape index (κ2) is 9.74. The zero-order valence-corrected chi connectivity index (χ0v) is 17.3. The molecule has 4 N–H and O–H groups in total. The Morgan fingerprint density at radius 3 is 2.83 bits per heavy atom. The standard InChI is InChI=1S/C17H13Cl2F2N7OS/c18-11-3-1-2-9(15(11)19)7-23-25-16-26-27-17(28(16)22)30-8-14(29)24-13-5-4-10(20)6-12(13)21/h1-7H,8,22H2,(H,24,29)(H,25,26)/b23-7+. The molecule has 0 spiro atoms. The molecule has 0 aliphatic rings. The predicted molar refractivity (Wildman–Crippen MR) is 114 cm³/mol. The van der Waals surface area contributed by atoms with Crippen molar-refractivity contribution >= 4 is 58.7 Å². The Labute approximate surface area is 183 Å². The van der Waals surface area contributed by atoms with E-state index in [9.17, 15) is 13.6 Å². The van der Waals surface area contributed by atoms with Gasteiger partial charge < -0.3 is 11.2 Å². The quantitative estimate of drug-likeness (QED) is 0.209. The van der Waals surface area contributed by atoms with Gasteiger partial charge in [0.15, 0.2) is 0 Å². The summed E-state index contributed by atoms with van der Waals surface area (Å²) in [5, 5.41) is 14.9. The first kappa shape index (κ1) is 21.8. The van der Waals surface area contributed by atoms with E-state index in [1.165, 1.54) is 6.21 Å². The number of hydrogen-bond acceptors (Lipinski definition) is 7. The smallest absolute Gasteiger partial charge is 0.264 e. The van der Waals surface area contributed by atoms with Gasteiger partial charge in [-0.15, -0.1) is 10.2 Å². The Bertz CT molecular complexity index is 1110. The molecule has 2 aromatic carbocycles. The molecule has 1 heterocycles. The van der Waals surface area contributed by atoms with Crippen LogP contribution >= 0.6 is 35.0 Å². The van der Waals surface area contributed by atoms with Crippen LogP contribution in [-0.4, -0.2) is 32.7 Å². The number of carbonyl (C=O) groups excluding carboxylic acids is 1. The lowest BCUT2D eigenvalue weighted by atomic mass is 10.2. The number of aromatic nitrogens is 3. The van der Waals surface area contributed by atoms with Crippen molar-refractivity contribution in [2.24, 2.45) is 5.10 Å². The van der Waals surface area contributed by atoms with Crippen molar-refractivity contribution in [1.29, 1.82) is 0 Å². The largest absolute Gasteiger partial charge is 0.334 e. The summed E-state index contributed by atoms with van der Waals surface area (Å²) in [4.78, 5) is 12.0. The molecule has 0 saturated carbocycles. The first-order valence-electron chi connectivity index (χ1n) is 8.16. The van der Waals surface area contributed by atoms with Gasteiger partial charge in [0, 0.05) is 11.6 Å². The van der Waals surface area contributed by atoms with Crippen molar-refractivity contribution in [3.63, 3.8) is 0 Å². The van der Waals surface area contributed by atoms with Gasteiger partial charge in [-0.25, -0.2) is 18.9 Å². The second-order valence-corrected chi connectivity index (χ2v) is 7.38. The third-order valence-corrected chi connectivity index (χ3v) is 5.33. The lowest BCUT2D eigenvalue weighted by Gasteiger charge is -2.06. The van der Waals surface area contributed by atoms with Crippen LogP contribution in [0.3, 0.4) is 0 Å². The molecule has 0 unspecified atom stereocenters. The van der Waals surface area contributed by atoms with Crippen molar-refractivity contribution in [2.75, 3.05) is 22.3 Å². The summed E-state index contributed by atoms with van der Waals surface area (Å²) in [7, 11) is 0. The van der Waals surface area contributed by atoms with Gasteiger partial charge in [0.05, 0.1) is 27.7 Å². The number of carbonyl (C=O) groups is 1. The maximum atomic E-state index is 13.6. The Hall–Kier alpha value is -2.89. The van der Waals surface area contributed by atoms with Gasteiger partial charge in [-0.05, 0) is 18.2 Å². The van der Waals surface area contributed by atoms with Crippen LogP contribution in [0.1, 0.15) is 5.56 Å². The molecule has 0 fully saturated rings. The molecule has 1 aromatic heterocycles. The molecule has 1 amide bonds. The van der Waals surface area contributed by atoms with Gasteiger partial charge in [-0.1, -0.05) is 47.1 Å². The zero-order chi connectivity index (χ0) is 21.7. The molecule has 0 bridgehead atoms. The van der Waals surface area contributed by atoms with Crippen LogP contribution in [0.15, 0.2) is 46.7 Å². The van der Waals surface area contributed by atoms with Crippen LogP contribution < -0.4 is 16.6 Å². The van der Waals surface area contributed by atoms with E-state index in [0.717, 1.165) is 28.6 Å². The fraction of sp³-hybridized carbons (Fsp3) is 0.0588. The Balaban J connectivity index is 1.56. The number of thioether (sulfide) groups is 1. The lowest BCUT2D eigenvalue weighted by Crippen LogP contribution is -2.17. The van der Waals surface area contributed by atoms with E-state index in [0.29, 0.717) is 21.7 Å². The Morgan fingerprint density at radius 2 is 2.07 bits per heavy atom. The highest BCUT2D eigenvalue weighted by atomic mass is 35.5. The molecule has 0 aliphatic heterocycles. The number of hydrazone groups is 1. The predicted octanol–water partition coefficient (Wildman–Crippen LogP) is 3.75. The van der Waals surface area contributed by atoms with Crippen molar-refractivity contribution in [3.8, 4) is 0 Å². The molecule has 0 atom stereocenters. The number of benzene rings is 2. The Kier molecular flexibility index (Phi) is 7.08. The van der Waals surface area contributed by atoms with Gasteiger partial charge in [-0.3, -0.25) is 4.79 Å². The summed E-state index contributed by atoms with van der Waals surface area (Å²) in [6, 6.07) is 7.93. The highest BCUT2D eigenvalue weighted by Gasteiger charge is 2.13. The summed E-state index contributed by atoms with van der Waals surface area (Å²) in [5.41, 5.74) is 3.05. The van der Waals surface area contributed by atoms with Crippen LogP contribution in [0.2, 0.25) is 10.0 Å². The minimum absolute atomic E-state index is 0.108. The first-order valence-corrected chi connectivity index (χ1v) is 9.90. The fourth-order valence-electron chi connectivity index (χ4n) is 2.14. The van der Waals surface area contributed by atoms with E-state index in [1.54, 1.807) is 18.2 Å². The maximum absolute atomic E-state index is 13.6. The summed E-state index contributed by atoms with van der Waals surface area (Å²) in [6.07, 6.45) is 1.43. The number of nitrogen functional groups attached to an aromatic ring is 1. The summed E-state index contributed by atoms with van der Waals surface area (Å²) >= 11 is 13.0. The minimum atomic E-state index is -0.875. The highest BCUT2D eigenvalue weighted by Crippen LogP contribution is 2.24. The van der Waals surface area contributed by atoms with Crippen molar-refractivity contribution in [3.05, 3.63) is 63.6 Å². The number of nitrogens with zero attached hydrogens (tertiary/aromatic N) is 4. The van der Waals surface area contributed by atoms with Crippen LogP contribution in [0.25, 0.3) is 0 Å². The zero-order valence-electron chi connectivity index (χ0n) is 14.9. The van der Waals surface area contributed by atoms with Crippen LogP contribution in [0.5, 0.6) is 0 Å². The summed E-state index contributed by atoms with van der Waals surface area (Å²) in [6.45, 7) is 0. The molecule has 3 rings (SSSR count). The summed E-state index contributed by atoms with van der Waals surface area (Å²) in [5.74, 6) is 3.70. The average molecular weight is 472 g/mol. The van der Waals surface area contributed by atoms with Gasteiger partial charge >= 0.3 is 0 Å². The molecule has 30 heavy (non-hydrogen) atoms. The monoisotopic (exact) mass is 471 g/mol. The molecule has 8 nitrogen and oxygen atoms in total. The maximum Gasteiger partial charge on any atom is 0.264 e. The molecule has 3 aromatic rings. The number of hydrogen-bond donors (Lipinski definition) is 3. The number of rotatable bonds is 7. The van der Waals surface area contributed by atoms with E-state index in [4.69, 9.17) is 29.0 Å². The van der Waals surface area contributed by atoms with E-state index in [2.05, 4.69) is 26.0 Å². The topological polar surface area (TPSA) is 110 Å². The van der Waals surface area contributed by atoms with E-state index < -0.39 is 17.5 Å². The van der Waals surface area contributed by atoms with Gasteiger partial charge in [0.2, 0.25) is 11.1 Å². The molecular weight excluding hydrogens is 459 g/mol. The SMILES string of the molecule is Nn1c(N/N=C/c2cccc(Cl)c2Cl)nnc1SCC(=O)Nc1ccc(F)cc1F. The van der Waals surface area contributed by atoms with Crippen molar-refractivity contribution in [2.45, 2.75) is 5.16 Å². The van der Waals surface area contributed by atoms with E-state index in [1.807, 2.05) is 0 Å². The minimum Gasteiger partial charge on any atom is -0.334 e. The molecule has 156 valence electrons. The lowest BCUT2D eigenvalue weighted by molar-refractivity contribution is -0.113. The molecular formula is C17H13Cl2F2N7OS. The normalized spacial score (nSPS) is 11.1. The van der Waals surface area contributed by atoms with E-state index in [-0.39, 0.29) is 22.5 Å². The second-order valence-electron chi connectivity index (χ2n) is 5.65. The molecule has 13 heteroatoms. The number of anilines is 2. The number of nitrogens with two attached hydrogens (primary N) is 1. The molecule has 0 saturated heterocycles. The third-order valence-electron chi connectivity index (χ3n) is 3.55. The van der Waals surface area contributed by atoms with Crippen LogP contribution in [0, 0.1) is 11.6 Å². The highest BCUT2D eigenvalue weighted by molar-refractivity contribution is 7.99. The Morgan fingerprint density at radius 1 is 1.27 bits per heavy atom. The molecule has 0 radical (unpaired) electrons. The number of amides is 1. The molecule has 0 aliphatic carbocycles. The van der Waals surface area contributed by atoms with Gasteiger partial charge in [0.1, 0.15) is 11.6 Å². The van der Waals surface area contributed by atoms with Crippen LogP contribution in [0.4, 0.5) is 20.4 Å². The first-order chi connectivity index (χ1) is 14.3. The van der Waals surface area contributed by atoms with E-state index >= 15 is 0 Å². The summed E-state index contributed by atoms with van der Waals surface area (Å²) < 4.78 is 27.6. The number of nitrogens with one attached hydrogen (secondary N) is 2. The van der Waals surface area contributed by atoms with Crippen LogP contribution in [-0.2, 0) is 4.79 Å². The fourth-order valence-corrected chi connectivity index (χ4v) is 3.15. The van der Waals surface area contributed by atoms with Gasteiger partial charge in [0.25, 0.3) is 5.95 Å². The van der Waals surface area contributed by atoms with Gasteiger partial charge in [-0.2, -0.15) is 5.10 Å². The third kappa shape index (κ3) is 5.38. The van der Waals surface area contributed by atoms with Crippen molar-refractivity contribution in [1.82, 2.24) is 14.9 Å². The average Bonchev–Trinajstić information content (AvgIpc) is 3.05. The number of halogens is 4.